The molecule has 0 radical (unpaired) electrons. The molecule has 25 heavy (non-hydrogen) atoms. The van der Waals surface area contributed by atoms with Crippen molar-refractivity contribution in [2.45, 2.75) is 29.3 Å². The van der Waals surface area contributed by atoms with E-state index in [-0.39, 0.29) is 5.69 Å². The van der Waals surface area contributed by atoms with Crippen molar-refractivity contribution >= 4 is 17.4 Å². The van der Waals surface area contributed by atoms with E-state index in [0.29, 0.717) is 17.7 Å². The Morgan fingerprint density at radius 3 is 2.80 bits per heavy atom. The maximum Gasteiger partial charge on any atom is 0.307 e. The quantitative estimate of drug-likeness (QED) is 0.383. The summed E-state index contributed by atoms with van der Waals surface area (Å²) in [6.07, 6.45) is 3.75. The minimum atomic E-state index is -0.453. The van der Waals surface area contributed by atoms with Crippen LogP contribution in [0.5, 0.6) is 0 Å². The van der Waals surface area contributed by atoms with Crippen LogP contribution in [0.15, 0.2) is 47.9 Å². The first-order valence-corrected chi connectivity index (χ1v) is 8.86. The summed E-state index contributed by atoms with van der Waals surface area (Å²) >= 11 is 1.46. The molecule has 3 aromatic rings. The lowest BCUT2D eigenvalue weighted by Crippen LogP contribution is -2.00. The van der Waals surface area contributed by atoms with E-state index in [9.17, 15) is 10.1 Å². The third-order valence-electron chi connectivity index (χ3n) is 4.37. The van der Waals surface area contributed by atoms with Crippen LogP contribution in [0.25, 0.3) is 0 Å². The number of nitrogens with zero attached hydrogens (tertiary/aromatic N) is 6. The smallest absolute Gasteiger partial charge is 0.307 e. The van der Waals surface area contributed by atoms with Gasteiger partial charge in [0.25, 0.3) is 0 Å². The third-order valence-corrected chi connectivity index (χ3v) is 5.38. The molecule has 1 aliphatic rings. The van der Waals surface area contributed by atoms with Crippen LogP contribution >= 0.6 is 11.8 Å². The summed E-state index contributed by atoms with van der Waals surface area (Å²) in [5, 5.41) is 24.1. The highest BCUT2D eigenvalue weighted by atomic mass is 32.2. The van der Waals surface area contributed by atoms with Crippen LogP contribution in [0.2, 0.25) is 0 Å². The Bertz CT molecular complexity index is 907. The van der Waals surface area contributed by atoms with Gasteiger partial charge in [-0.3, -0.25) is 14.8 Å². The van der Waals surface area contributed by atoms with Crippen molar-refractivity contribution in [1.82, 2.24) is 24.5 Å². The van der Waals surface area contributed by atoms with Gasteiger partial charge < -0.3 is 4.57 Å². The van der Waals surface area contributed by atoms with Gasteiger partial charge in [-0.2, -0.15) is 5.10 Å². The normalized spacial score (nSPS) is 19.1. The lowest BCUT2D eigenvalue weighted by molar-refractivity contribution is -0.385. The Kier molecular flexibility index (Phi) is 4.00. The molecule has 2 heterocycles. The number of thioether (sulfide) groups is 1. The molecule has 1 aliphatic carbocycles. The lowest BCUT2D eigenvalue weighted by Gasteiger charge is -2.04. The third kappa shape index (κ3) is 3.14. The minimum absolute atomic E-state index is 0.0112. The Balaban J connectivity index is 1.42. The largest absolute Gasteiger partial charge is 0.309 e. The Morgan fingerprint density at radius 2 is 2.08 bits per heavy atom. The van der Waals surface area contributed by atoms with E-state index in [1.54, 1.807) is 0 Å². The number of hydrogen-bond acceptors (Lipinski definition) is 6. The first-order valence-electron chi connectivity index (χ1n) is 7.87. The van der Waals surface area contributed by atoms with Crippen molar-refractivity contribution in [2.75, 3.05) is 0 Å². The van der Waals surface area contributed by atoms with Gasteiger partial charge in [0.2, 0.25) is 0 Å². The standard InChI is InChI=1S/C16H16N6O2S/c1-20-15(14-7-13(14)11-5-3-2-4-6-11)18-19-16(20)25-10-21-9-12(8-17-21)22(23)24/h2-6,8-9,13-14H,7,10H2,1H3. The van der Waals surface area contributed by atoms with Crippen molar-refractivity contribution in [3.05, 3.63) is 64.2 Å². The fourth-order valence-corrected chi connectivity index (χ4v) is 3.74. The van der Waals surface area contributed by atoms with Crippen molar-refractivity contribution < 1.29 is 4.92 Å². The van der Waals surface area contributed by atoms with E-state index in [0.717, 1.165) is 17.4 Å². The van der Waals surface area contributed by atoms with Gasteiger partial charge in [0.1, 0.15) is 18.2 Å². The van der Waals surface area contributed by atoms with Gasteiger partial charge in [0, 0.05) is 13.0 Å². The van der Waals surface area contributed by atoms with Crippen LogP contribution in [0, 0.1) is 10.1 Å². The zero-order valence-electron chi connectivity index (χ0n) is 13.5. The predicted molar refractivity (Wildman–Crippen MR) is 92.3 cm³/mol. The zero-order valence-corrected chi connectivity index (χ0v) is 14.3. The van der Waals surface area contributed by atoms with E-state index >= 15 is 0 Å². The lowest BCUT2D eigenvalue weighted by atomic mass is 10.1. The molecule has 0 saturated heterocycles. The first-order chi connectivity index (χ1) is 12.1. The molecule has 2 aromatic heterocycles. The van der Waals surface area contributed by atoms with Gasteiger partial charge in [-0.15, -0.1) is 10.2 Å². The van der Waals surface area contributed by atoms with Gasteiger partial charge in [-0.25, -0.2) is 0 Å². The Hall–Kier alpha value is -2.68. The maximum absolute atomic E-state index is 10.7. The van der Waals surface area contributed by atoms with Crippen LogP contribution in [0.4, 0.5) is 5.69 Å². The molecule has 0 bridgehead atoms. The summed E-state index contributed by atoms with van der Waals surface area (Å²) in [5.74, 6) is 2.35. The summed E-state index contributed by atoms with van der Waals surface area (Å²) in [4.78, 5) is 10.2. The van der Waals surface area contributed by atoms with E-state index in [1.807, 2.05) is 17.7 Å². The molecule has 128 valence electrons. The average Bonchev–Trinajstić information content (AvgIpc) is 3.10. The molecule has 8 nitrogen and oxygen atoms in total. The molecule has 1 fully saturated rings. The number of benzene rings is 1. The molecule has 2 unspecified atom stereocenters. The molecule has 1 saturated carbocycles. The summed E-state index contributed by atoms with van der Waals surface area (Å²) < 4.78 is 3.54. The van der Waals surface area contributed by atoms with Crippen molar-refractivity contribution in [3.63, 3.8) is 0 Å². The number of rotatable bonds is 6. The van der Waals surface area contributed by atoms with Crippen LogP contribution < -0.4 is 0 Å². The SMILES string of the molecule is Cn1c(SCn2cc([N+](=O)[O-])cn2)nnc1C1CC1c1ccccc1. The second-order valence-corrected chi connectivity index (χ2v) is 6.94. The summed E-state index contributed by atoms with van der Waals surface area (Å²) in [6.45, 7) is 0. The van der Waals surface area contributed by atoms with Gasteiger partial charge in [-0.05, 0) is 17.9 Å². The molecule has 0 aliphatic heterocycles. The Labute approximate surface area is 148 Å². The molecule has 1 aromatic carbocycles. The molecule has 0 spiro atoms. The van der Waals surface area contributed by atoms with Crippen LogP contribution in [-0.4, -0.2) is 29.5 Å². The fraction of sp³-hybridized carbons (Fsp3) is 0.312. The number of aromatic nitrogens is 5. The highest BCUT2D eigenvalue weighted by Crippen LogP contribution is 2.54. The molecular formula is C16H16N6O2S. The van der Waals surface area contributed by atoms with E-state index in [2.05, 4.69) is 39.6 Å². The first kappa shape index (κ1) is 15.8. The molecule has 4 rings (SSSR count). The van der Waals surface area contributed by atoms with E-state index in [1.165, 1.54) is 34.4 Å². The topological polar surface area (TPSA) is 91.7 Å². The minimum Gasteiger partial charge on any atom is -0.309 e. The monoisotopic (exact) mass is 356 g/mol. The van der Waals surface area contributed by atoms with Crippen molar-refractivity contribution in [1.29, 1.82) is 0 Å². The van der Waals surface area contributed by atoms with Gasteiger partial charge in [0.05, 0.1) is 10.8 Å². The van der Waals surface area contributed by atoms with Crippen LogP contribution in [0.1, 0.15) is 29.6 Å². The summed E-state index contributed by atoms with van der Waals surface area (Å²) in [5.41, 5.74) is 1.33. The molecular weight excluding hydrogens is 340 g/mol. The molecule has 2 atom stereocenters. The van der Waals surface area contributed by atoms with Gasteiger partial charge in [0.15, 0.2) is 5.16 Å². The molecule has 9 heteroatoms. The van der Waals surface area contributed by atoms with Crippen molar-refractivity contribution in [2.24, 2.45) is 7.05 Å². The van der Waals surface area contributed by atoms with Crippen molar-refractivity contribution in [3.8, 4) is 0 Å². The maximum atomic E-state index is 10.7. The molecule has 0 amide bonds. The van der Waals surface area contributed by atoms with Crippen LogP contribution in [0.3, 0.4) is 0 Å². The van der Waals surface area contributed by atoms with E-state index in [4.69, 9.17) is 0 Å². The second kappa shape index (κ2) is 6.32. The predicted octanol–water partition coefficient (Wildman–Crippen LogP) is 2.94. The molecule has 0 N–H and O–H groups in total. The highest BCUT2D eigenvalue weighted by Gasteiger charge is 2.42. The average molecular weight is 356 g/mol. The number of hydrogen-bond donors (Lipinski definition) is 0. The summed E-state index contributed by atoms with van der Waals surface area (Å²) in [7, 11) is 1.96. The summed E-state index contributed by atoms with van der Waals surface area (Å²) in [6, 6.07) is 10.5. The van der Waals surface area contributed by atoms with Crippen LogP contribution in [-0.2, 0) is 12.9 Å². The fourth-order valence-electron chi connectivity index (χ4n) is 2.97. The second-order valence-electron chi connectivity index (χ2n) is 6.03. The Morgan fingerprint density at radius 1 is 1.28 bits per heavy atom. The zero-order chi connectivity index (χ0) is 17.4. The number of nitro groups is 1. The highest BCUT2D eigenvalue weighted by molar-refractivity contribution is 7.98. The van der Waals surface area contributed by atoms with Gasteiger partial charge >= 0.3 is 5.69 Å². The van der Waals surface area contributed by atoms with Gasteiger partial charge in [-0.1, -0.05) is 42.1 Å². The van der Waals surface area contributed by atoms with E-state index < -0.39 is 4.92 Å².